The van der Waals surface area contributed by atoms with E-state index in [1.807, 2.05) is 0 Å². The van der Waals surface area contributed by atoms with Crippen LogP contribution >= 0.6 is 0 Å². The SMILES string of the molecule is COc1cc(OC2OC(COC(=O)CC(=O)O)C(O)C(O)C2O)c2occ(-c3ccc(O)cc3)c(=O)c2c1. The highest BCUT2D eigenvalue weighted by Gasteiger charge is 2.45. The predicted molar refractivity (Wildman–Crippen MR) is 127 cm³/mol. The van der Waals surface area contributed by atoms with Gasteiger partial charge in [0.25, 0.3) is 0 Å². The molecule has 1 saturated heterocycles. The van der Waals surface area contributed by atoms with E-state index in [2.05, 4.69) is 0 Å². The van der Waals surface area contributed by atoms with Crippen molar-refractivity contribution in [2.75, 3.05) is 13.7 Å². The number of phenols is 1. The summed E-state index contributed by atoms with van der Waals surface area (Å²) in [5.41, 5.74) is 0.170. The lowest BCUT2D eigenvalue weighted by molar-refractivity contribution is -0.278. The molecule has 0 radical (unpaired) electrons. The average molecular weight is 532 g/mol. The molecule has 0 amide bonds. The molecule has 2 heterocycles. The highest BCUT2D eigenvalue weighted by molar-refractivity contribution is 5.90. The molecule has 5 unspecified atom stereocenters. The number of aliphatic hydroxyl groups is 3. The minimum absolute atomic E-state index is 0.0181. The fourth-order valence-electron chi connectivity index (χ4n) is 3.86. The number of aliphatic carboxylic acids is 1. The predicted octanol–water partition coefficient (Wildman–Crippen LogP) is 0.379. The van der Waals surface area contributed by atoms with Crippen molar-refractivity contribution in [3.05, 3.63) is 52.9 Å². The number of carbonyl (C=O) groups is 2. The molecule has 0 bridgehead atoms. The molecule has 38 heavy (non-hydrogen) atoms. The lowest BCUT2D eigenvalue weighted by Gasteiger charge is -2.39. The minimum atomic E-state index is -1.79. The third-order valence-corrected chi connectivity index (χ3v) is 5.84. The first kappa shape index (κ1) is 26.9. The van der Waals surface area contributed by atoms with Crippen LogP contribution in [0.5, 0.6) is 17.2 Å². The Morgan fingerprint density at radius 1 is 1.03 bits per heavy atom. The van der Waals surface area contributed by atoms with Crippen LogP contribution in [0.1, 0.15) is 6.42 Å². The number of carbonyl (C=O) groups excluding carboxylic acids is 1. The Bertz CT molecular complexity index is 1380. The van der Waals surface area contributed by atoms with E-state index in [1.165, 1.54) is 49.8 Å². The summed E-state index contributed by atoms with van der Waals surface area (Å²) in [6, 6.07) is 8.66. The number of hydrogen-bond acceptors (Lipinski definition) is 12. The fourth-order valence-corrected chi connectivity index (χ4v) is 3.86. The number of ether oxygens (including phenoxy) is 4. The smallest absolute Gasteiger partial charge is 0.317 e. The van der Waals surface area contributed by atoms with Gasteiger partial charge in [-0.1, -0.05) is 12.1 Å². The molecule has 0 saturated carbocycles. The van der Waals surface area contributed by atoms with Crippen LogP contribution in [0.3, 0.4) is 0 Å². The molecular weight excluding hydrogens is 508 g/mol. The van der Waals surface area contributed by atoms with Crippen LogP contribution < -0.4 is 14.9 Å². The third kappa shape index (κ3) is 5.55. The summed E-state index contributed by atoms with van der Waals surface area (Å²) in [6.45, 7) is -0.638. The second kappa shape index (κ2) is 11.1. The maximum absolute atomic E-state index is 13.3. The number of rotatable bonds is 8. The van der Waals surface area contributed by atoms with Crippen LogP contribution in [0.4, 0.5) is 0 Å². The second-order valence-corrected chi connectivity index (χ2v) is 8.41. The maximum Gasteiger partial charge on any atom is 0.317 e. The largest absolute Gasteiger partial charge is 0.508 e. The zero-order valence-electron chi connectivity index (χ0n) is 19.8. The van der Waals surface area contributed by atoms with Gasteiger partial charge in [0, 0.05) is 6.07 Å². The van der Waals surface area contributed by atoms with E-state index in [9.17, 15) is 34.8 Å². The van der Waals surface area contributed by atoms with Crippen LogP contribution in [0.2, 0.25) is 0 Å². The van der Waals surface area contributed by atoms with Crippen molar-refractivity contribution in [1.82, 2.24) is 0 Å². The molecule has 1 aliphatic rings. The van der Waals surface area contributed by atoms with Gasteiger partial charge in [-0.25, -0.2) is 0 Å². The summed E-state index contributed by atoms with van der Waals surface area (Å²) in [7, 11) is 1.35. The molecular formula is C25H24O13. The quantitative estimate of drug-likeness (QED) is 0.197. The van der Waals surface area contributed by atoms with Gasteiger partial charge < -0.3 is 48.9 Å². The Hall–Kier alpha value is -4.17. The van der Waals surface area contributed by atoms with E-state index in [0.29, 0.717) is 5.56 Å². The van der Waals surface area contributed by atoms with Crippen molar-refractivity contribution >= 4 is 22.9 Å². The molecule has 13 nitrogen and oxygen atoms in total. The van der Waals surface area contributed by atoms with Gasteiger partial charge in [-0.05, 0) is 23.8 Å². The first-order valence-electron chi connectivity index (χ1n) is 11.3. The summed E-state index contributed by atoms with van der Waals surface area (Å²) >= 11 is 0. The molecule has 13 heteroatoms. The number of benzene rings is 2. The normalized spacial score (nSPS) is 23.1. The number of phenolic OH excluding ortho intramolecular Hbond substituents is 1. The van der Waals surface area contributed by atoms with E-state index in [-0.39, 0.29) is 33.8 Å². The topological polar surface area (TPSA) is 202 Å². The molecule has 0 spiro atoms. The number of esters is 1. The number of carboxylic acids is 1. The Labute approximate surface area is 214 Å². The van der Waals surface area contributed by atoms with E-state index >= 15 is 0 Å². The number of carboxylic acid groups (broad SMARTS) is 1. The fraction of sp³-hybridized carbons (Fsp3) is 0.320. The van der Waals surface area contributed by atoms with Gasteiger partial charge in [-0.2, -0.15) is 0 Å². The zero-order valence-corrected chi connectivity index (χ0v) is 19.8. The lowest BCUT2D eigenvalue weighted by Crippen LogP contribution is -2.60. The van der Waals surface area contributed by atoms with Crippen LogP contribution in [0.25, 0.3) is 22.1 Å². The van der Waals surface area contributed by atoms with Gasteiger partial charge >= 0.3 is 11.9 Å². The first-order valence-corrected chi connectivity index (χ1v) is 11.3. The minimum Gasteiger partial charge on any atom is -0.508 e. The molecule has 2 aromatic carbocycles. The summed E-state index contributed by atoms with van der Waals surface area (Å²) in [5, 5.41) is 49.3. The molecule has 5 atom stereocenters. The summed E-state index contributed by atoms with van der Waals surface area (Å²) < 4.78 is 27.0. The lowest BCUT2D eigenvalue weighted by atomic mass is 9.99. The first-order chi connectivity index (χ1) is 18.1. The van der Waals surface area contributed by atoms with Crippen LogP contribution in [-0.2, 0) is 19.1 Å². The second-order valence-electron chi connectivity index (χ2n) is 8.41. The molecule has 202 valence electrons. The molecule has 0 aliphatic carbocycles. The van der Waals surface area contributed by atoms with Gasteiger partial charge in [0.1, 0.15) is 55.2 Å². The van der Waals surface area contributed by atoms with Crippen molar-refractivity contribution in [3.63, 3.8) is 0 Å². The number of aliphatic hydroxyl groups excluding tert-OH is 3. The average Bonchev–Trinajstić information content (AvgIpc) is 2.88. The van der Waals surface area contributed by atoms with E-state index in [0.717, 1.165) is 0 Å². The molecule has 5 N–H and O–H groups in total. The van der Waals surface area contributed by atoms with Gasteiger partial charge in [0.2, 0.25) is 11.7 Å². The Kier molecular flexibility index (Phi) is 7.83. The molecule has 3 aromatic rings. The highest BCUT2D eigenvalue weighted by atomic mass is 16.7. The monoisotopic (exact) mass is 532 g/mol. The van der Waals surface area contributed by atoms with Crippen molar-refractivity contribution in [2.45, 2.75) is 37.1 Å². The molecule has 1 aliphatic heterocycles. The van der Waals surface area contributed by atoms with Crippen molar-refractivity contribution in [2.24, 2.45) is 0 Å². The van der Waals surface area contributed by atoms with Crippen molar-refractivity contribution in [3.8, 4) is 28.4 Å². The Morgan fingerprint density at radius 3 is 2.39 bits per heavy atom. The molecule has 1 aromatic heterocycles. The summed E-state index contributed by atoms with van der Waals surface area (Å²) in [5.74, 6) is -2.42. The molecule has 1 fully saturated rings. The van der Waals surface area contributed by atoms with E-state index < -0.39 is 61.1 Å². The van der Waals surface area contributed by atoms with Crippen molar-refractivity contribution < 1.29 is 58.5 Å². The third-order valence-electron chi connectivity index (χ3n) is 5.84. The van der Waals surface area contributed by atoms with Gasteiger partial charge in [-0.3, -0.25) is 14.4 Å². The van der Waals surface area contributed by atoms with Crippen LogP contribution in [0.15, 0.2) is 51.9 Å². The number of fused-ring (bicyclic) bond motifs is 1. The summed E-state index contributed by atoms with van der Waals surface area (Å²) in [4.78, 5) is 35.5. The summed E-state index contributed by atoms with van der Waals surface area (Å²) in [6.07, 6.45) is -8.01. The Morgan fingerprint density at radius 2 is 1.74 bits per heavy atom. The van der Waals surface area contributed by atoms with Crippen molar-refractivity contribution in [1.29, 1.82) is 0 Å². The van der Waals surface area contributed by atoms with Crippen LogP contribution in [-0.4, -0.2) is 81.9 Å². The van der Waals surface area contributed by atoms with E-state index in [1.54, 1.807) is 0 Å². The highest BCUT2D eigenvalue weighted by Crippen LogP contribution is 2.34. The maximum atomic E-state index is 13.3. The zero-order chi connectivity index (χ0) is 27.6. The standard InChI is InChI=1S/C25H24O13/c1-34-13-6-14-20(30)15(11-2-4-12(26)5-3-11)9-36-24(14)16(7-13)37-25-23(33)22(32)21(31)17(38-25)10-35-19(29)8-18(27)28/h2-7,9,17,21-23,25-26,31-33H,8,10H2,1H3,(H,27,28). The van der Waals surface area contributed by atoms with Gasteiger partial charge in [0.15, 0.2) is 11.3 Å². The molecule has 4 rings (SSSR count). The van der Waals surface area contributed by atoms with Crippen LogP contribution in [0, 0.1) is 0 Å². The van der Waals surface area contributed by atoms with Gasteiger partial charge in [0.05, 0.1) is 18.1 Å². The number of hydrogen-bond donors (Lipinski definition) is 5. The number of methoxy groups -OCH3 is 1. The Balaban J connectivity index is 1.64. The van der Waals surface area contributed by atoms with E-state index in [4.69, 9.17) is 28.5 Å². The van der Waals surface area contributed by atoms with Gasteiger partial charge in [-0.15, -0.1) is 0 Å². The number of aromatic hydroxyl groups is 1.